The zero-order valence-electron chi connectivity index (χ0n) is 9.76. The first-order valence-corrected chi connectivity index (χ1v) is 6.35. The second kappa shape index (κ2) is 5.66. The van der Waals surface area contributed by atoms with E-state index in [1.54, 1.807) is 0 Å². The first-order chi connectivity index (χ1) is 7.04. The van der Waals surface area contributed by atoms with Crippen molar-refractivity contribution in [2.24, 2.45) is 11.7 Å². The number of hydrogen-bond acceptors (Lipinski definition) is 1. The molecule has 2 N–H and O–H groups in total. The standard InChI is InChI=1S/C13H20BrN/c1-4-9(2)7-13(15)12-8-11(14)6-5-10(12)3/h5-6,8-9,13H,4,7,15H2,1-3H3. The van der Waals surface area contributed by atoms with Crippen LogP contribution in [0.2, 0.25) is 0 Å². The Morgan fingerprint density at radius 2 is 2.07 bits per heavy atom. The summed E-state index contributed by atoms with van der Waals surface area (Å²) in [5, 5.41) is 0. The van der Waals surface area contributed by atoms with Crippen molar-refractivity contribution in [3.8, 4) is 0 Å². The number of nitrogens with two attached hydrogens (primary N) is 1. The molecule has 2 atom stereocenters. The molecule has 1 aromatic carbocycles. The van der Waals surface area contributed by atoms with Crippen molar-refractivity contribution in [1.29, 1.82) is 0 Å². The predicted octanol–water partition coefficient (Wildman–Crippen LogP) is 4.19. The molecule has 0 fully saturated rings. The van der Waals surface area contributed by atoms with Gasteiger partial charge >= 0.3 is 0 Å². The molecule has 0 radical (unpaired) electrons. The fraction of sp³-hybridized carbons (Fsp3) is 0.538. The van der Waals surface area contributed by atoms with Gasteiger partial charge in [-0.05, 0) is 42.5 Å². The summed E-state index contributed by atoms with van der Waals surface area (Å²) >= 11 is 3.49. The van der Waals surface area contributed by atoms with Crippen LogP contribution < -0.4 is 5.73 Å². The van der Waals surface area contributed by atoms with Gasteiger partial charge in [-0.2, -0.15) is 0 Å². The summed E-state index contributed by atoms with van der Waals surface area (Å²) < 4.78 is 1.11. The molecule has 0 heterocycles. The average molecular weight is 270 g/mol. The average Bonchev–Trinajstić information content (AvgIpc) is 2.21. The van der Waals surface area contributed by atoms with Gasteiger partial charge in [0.1, 0.15) is 0 Å². The Labute approximate surface area is 101 Å². The predicted molar refractivity (Wildman–Crippen MR) is 69.9 cm³/mol. The van der Waals surface area contributed by atoms with E-state index < -0.39 is 0 Å². The molecule has 2 unspecified atom stereocenters. The van der Waals surface area contributed by atoms with E-state index in [-0.39, 0.29) is 6.04 Å². The van der Waals surface area contributed by atoms with Crippen molar-refractivity contribution in [2.75, 3.05) is 0 Å². The van der Waals surface area contributed by atoms with Crippen molar-refractivity contribution >= 4 is 15.9 Å². The lowest BCUT2D eigenvalue weighted by atomic mass is 9.93. The fourth-order valence-corrected chi connectivity index (χ4v) is 2.12. The minimum atomic E-state index is 0.164. The molecule has 2 heteroatoms. The van der Waals surface area contributed by atoms with Crippen LogP contribution in [0.25, 0.3) is 0 Å². The van der Waals surface area contributed by atoms with E-state index in [0.29, 0.717) is 5.92 Å². The largest absolute Gasteiger partial charge is 0.324 e. The van der Waals surface area contributed by atoms with Crippen LogP contribution in [-0.2, 0) is 0 Å². The van der Waals surface area contributed by atoms with Gasteiger partial charge in [-0.15, -0.1) is 0 Å². The molecule has 0 amide bonds. The normalized spacial score (nSPS) is 15.0. The first kappa shape index (κ1) is 12.7. The zero-order valence-corrected chi connectivity index (χ0v) is 11.3. The maximum absolute atomic E-state index is 6.22. The van der Waals surface area contributed by atoms with Gasteiger partial charge in [-0.25, -0.2) is 0 Å². The van der Waals surface area contributed by atoms with Gasteiger partial charge < -0.3 is 5.73 Å². The summed E-state index contributed by atoms with van der Waals surface area (Å²) in [6.45, 7) is 6.59. The minimum Gasteiger partial charge on any atom is -0.324 e. The summed E-state index contributed by atoms with van der Waals surface area (Å²) in [5.41, 5.74) is 8.77. The number of rotatable bonds is 4. The molecule has 0 aliphatic carbocycles. The van der Waals surface area contributed by atoms with E-state index >= 15 is 0 Å². The number of hydrogen-bond donors (Lipinski definition) is 1. The lowest BCUT2D eigenvalue weighted by Crippen LogP contribution is -2.15. The van der Waals surface area contributed by atoms with E-state index in [4.69, 9.17) is 5.73 Å². The molecule has 0 saturated heterocycles. The molecular weight excluding hydrogens is 250 g/mol. The topological polar surface area (TPSA) is 26.0 Å². The van der Waals surface area contributed by atoms with Crippen LogP contribution in [0.5, 0.6) is 0 Å². The molecule has 0 aromatic heterocycles. The fourth-order valence-electron chi connectivity index (χ4n) is 1.74. The number of aryl methyl sites for hydroxylation is 1. The quantitative estimate of drug-likeness (QED) is 0.872. The van der Waals surface area contributed by atoms with Crippen LogP contribution in [-0.4, -0.2) is 0 Å². The van der Waals surface area contributed by atoms with Gasteiger partial charge in [0, 0.05) is 10.5 Å². The third-order valence-corrected chi connectivity index (χ3v) is 3.49. The lowest BCUT2D eigenvalue weighted by Gasteiger charge is -2.18. The molecule has 1 nitrogen and oxygen atoms in total. The van der Waals surface area contributed by atoms with E-state index in [1.807, 2.05) is 0 Å². The second-order valence-corrected chi connectivity index (χ2v) is 5.27. The van der Waals surface area contributed by atoms with E-state index in [2.05, 4.69) is 54.9 Å². The molecule has 1 rings (SSSR count). The van der Waals surface area contributed by atoms with Gasteiger partial charge in [0.05, 0.1) is 0 Å². The Balaban J connectivity index is 2.80. The Bertz CT molecular complexity index is 322. The summed E-state index contributed by atoms with van der Waals surface area (Å²) in [6, 6.07) is 6.49. The smallest absolute Gasteiger partial charge is 0.0300 e. The summed E-state index contributed by atoms with van der Waals surface area (Å²) in [5.74, 6) is 0.693. The van der Waals surface area contributed by atoms with E-state index in [0.717, 1.165) is 10.9 Å². The molecule has 0 bridgehead atoms. The Kier molecular flexibility index (Phi) is 4.81. The highest BCUT2D eigenvalue weighted by molar-refractivity contribution is 9.10. The number of halogens is 1. The monoisotopic (exact) mass is 269 g/mol. The highest BCUT2D eigenvalue weighted by Crippen LogP contribution is 2.26. The molecule has 1 aromatic rings. The maximum Gasteiger partial charge on any atom is 0.0300 e. The van der Waals surface area contributed by atoms with Crippen LogP contribution in [0.3, 0.4) is 0 Å². The maximum atomic E-state index is 6.22. The third kappa shape index (κ3) is 3.62. The van der Waals surface area contributed by atoms with E-state index in [9.17, 15) is 0 Å². The first-order valence-electron chi connectivity index (χ1n) is 5.56. The molecule has 15 heavy (non-hydrogen) atoms. The van der Waals surface area contributed by atoms with Crippen molar-refractivity contribution in [3.63, 3.8) is 0 Å². The minimum absolute atomic E-state index is 0.164. The summed E-state index contributed by atoms with van der Waals surface area (Å²) in [7, 11) is 0. The van der Waals surface area contributed by atoms with E-state index in [1.165, 1.54) is 17.5 Å². The van der Waals surface area contributed by atoms with Crippen molar-refractivity contribution in [1.82, 2.24) is 0 Å². The highest BCUT2D eigenvalue weighted by Gasteiger charge is 2.12. The Morgan fingerprint density at radius 3 is 2.67 bits per heavy atom. The Hall–Kier alpha value is -0.340. The Morgan fingerprint density at radius 1 is 1.40 bits per heavy atom. The summed E-state index contributed by atoms with van der Waals surface area (Å²) in [4.78, 5) is 0. The molecule has 84 valence electrons. The van der Waals surface area contributed by atoms with Crippen LogP contribution in [0.1, 0.15) is 43.9 Å². The zero-order chi connectivity index (χ0) is 11.4. The van der Waals surface area contributed by atoms with Crippen LogP contribution >= 0.6 is 15.9 Å². The van der Waals surface area contributed by atoms with Gasteiger partial charge in [-0.1, -0.05) is 42.3 Å². The summed E-state index contributed by atoms with van der Waals surface area (Å²) in [6.07, 6.45) is 2.26. The molecule has 0 saturated carbocycles. The molecule has 0 aliphatic rings. The van der Waals surface area contributed by atoms with Gasteiger partial charge in [-0.3, -0.25) is 0 Å². The van der Waals surface area contributed by atoms with Gasteiger partial charge in [0.2, 0.25) is 0 Å². The number of benzene rings is 1. The lowest BCUT2D eigenvalue weighted by molar-refractivity contribution is 0.460. The SMILES string of the molecule is CCC(C)CC(N)c1cc(Br)ccc1C. The third-order valence-electron chi connectivity index (χ3n) is 2.99. The van der Waals surface area contributed by atoms with Crippen molar-refractivity contribution in [2.45, 2.75) is 39.7 Å². The van der Waals surface area contributed by atoms with Crippen LogP contribution in [0.15, 0.2) is 22.7 Å². The van der Waals surface area contributed by atoms with Gasteiger partial charge in [0.25, 0.3) is 0 Å². The second-order valence-electron chi connectivity index (χ2n) is 4.36. The highest BCUT2D eigenvalue weighted by atomic mass is 79.9. The van der Waals surface area contributed by atoms with Crippen LogP contribution in [0.4, 0.5) is 0 Å². The van der Waals surface area contributed by atoms with Crippen molar-refractivity contribution in [3.05, 3.63) is 33.8 Å². The van der Waals surface area contributed by atoms with Crippen molar-refractivity contribution < 1.29 is 0 Å². The van der Waals surface area contributed by atoms with Gasteiger partial charge in [0.15, 0.2) is 0 Å². The van der Waals surface area contributed by atoms with Crippen LogP contribution in [0, 0.1) is 12.8 Å². The molecular formula is C13H20BrN. The molecule has 0 spiro atoms. The molecule has 0 aliphatic heterocycles.